The van der Waals surface area contributed by atoms with E-state index < -0.39 is 0 Å². The van der Waals surface area contributed by atoms with Crippen LogP contribution in [0.4, 0.5) is 5.69 Å². The molecule has 0 amide bonds. The lowest BCUT2D eigenvalue weighted by Crippen LogP contribution is -1.99. The summed E-state index contributed by atoms with van der Waals surface area (Å²) in [6.45, 7) is 1.87. The monoisotopic (exact) mass is 205 g/mol. The first-order valence-corrected chi connectivity index (χ1v) is 4.44. The zero-order chi connectivity index (χ0) is 10.8. The molecule has 0 unspecified atom stereocenters. The van der Waals surface area contributed by atoms with Gasteiger partial charge in [-0.1, -0.05) is 0 Å². The summed E-state index contributed by atoms with van der Waals surface area (Å²) in [5.41, 5.74) is 6.97. The van der Waals surface area contributed by atoms with Crippen LogP contribution in [0.2, 0.25) is 0 Å². The van der Waals surface area contributed by atoms with Gasteiger partial charge in [0.05, 0.1) is 18.9 Å². The molecular weight excluding hydrogens is 194 g/mol. The second-order valence-corrected chi connectivity index (χ2v) is 3.09. The van der Waals surface area contributed by atoms with E-state index in [0.29, 0.717) is 22.9 Å². The molecule has 15 heavy (non-hydrogen) atoms. The van der Waals surface area contributed by atoms with Gasteiger partial charge in [-0.05, 0) is 19.1 Å². The fourth-order valence-electron chi connectivity index (χ4n) is 1.30. The fraction of sp³-hybridized carbons (Fsp3) is 0.200. The van der Waals surface area contributed by atoms with Crippen LogP contribution in [0.5, 0.6) is 5.88 Å². The molecule has 2 heterocycles. The molecule has 2 N–H and O–H groups in total. The lowest BCUT2D eigenvalue weighted by molar-refractivity contribution is 0.394. The lowest BCUT2D eigenvalue weighted by atomic mass is 10.2. The molecule has 0 saturated carbocycles. The standard InChI is InChI=1S/C10H11N3O2/c1-6-3-4-8(15-6)7-5-12-13-10(14-2)9(7)11/h3-5H,1-2H3,(H2,11,12). The number of aryl methyl sites for hydroxylation is 1. The molecule has 0 spiro atoms. The first-order chi connectivity index (χ1) is 7.22. The summed E-state index contributed by atoms with van der Waals surface area (Å²) in [6, 6.07) is 3.70. The molecule has 2 aromatic heterocycles. The van der Waals surface area contributed by atoms with Crippen molar-refractivity contribution in [1.82, 2.24) is 10.2 Å². The van der Waals surface area contributed by atoms with Gasteiger partial charge in [0.25, 0.3) is 5.88 Å². The van der Waals surface area contributed by atoms with Crippen LogP contribution in [0, 0.1) is 6.92 Å². The zero-order valence-corrected chi connectivity index (χ0v) is 8.52. The molecule has 0 atom stereocenters. The van der Waals surface area contributed by atoms with Gasteiger partial charge in [-0.25, -0.2) is 0 Å². The summed E-state index contributed by atoms with van der Waals surface area (Å²) in [4.78, 5) is 0. The highest BCUT2D eigenvalue weighted by Crippen LogP contribution is 2.31. The van der Waals surface area contributed by atoms with E-state index in [-0.39, 0.29) is 0 Å². The molecule has 0 saturated heterocycles. The zero-order valence-electron chi connectivity index (χ0n) is 8.52. The third-order valence-corrected chi connectivity index (χ3v) is 2.06. The highest BCUT2D eigenvalue weighted by Gasteiger charge is 2.12. The van der Waals surface area contributed by atoms with Gasteiger partial charge in [0.15, 0.2) is 0 Å². The molecule has 0 aromatic carbocycles. The van der Waals surface area contributed by atoms with Gasteiger partial charge < -0.3 is 14.9 Å². The van der Waals surface area contributed by atoms with Crippen LogP contribution < -0.4 is 10.5 Å². The van der Waals surface area contributed by atoms with Gasteiger partial charge in [0.1, 0.15) is 17.2 Å². The Morgan fingerprint density at radius 3 is 2.80 bits per heavy atom. The summed E-state index contributed by atoms with van der Waals surface area (Å²) in [6.07, 6.45) is 1.55. The first kappa shape index (κ1) is 9.51. The van der Waals surface area contributed by atoms with Crippen LogP contribution in [0.25, 0.3) is 11.3 Å². The van der Waals surface area contributed by atoms with Crippen molar-refractivity contribution in [2.24, 2.45) is 0 Å². The third-order valence-electron chi connectivity index (χ3n) is 2.06. The number of ether oxygens (including phenoxy) is 1. The van der Waals surface area contributed by atoms with Crippen LogP contribution in [0.15, 0.2) is 22.7 Å². The number of aromatic nitrogens is 2. The number of hydrogen-bond acceptors (Lipinski definition) is 5. The Morgan fingerprint density at radius 1 is 1.40 bits per heavy atom. The van der Waals surface area contributed by atoms with E-state index in [4.69, 9.17) is 14.9 Å². The van der Waals surface area contributed by atoms with E-state index in [1.54, 1.807) is 6.20 Å². The second kappa shape index (κ2) is 3.61. The van der Waals surface area contributed by atoms with E-state index in [1.807, 2.05) is 19.1 Å². The minimum Gasteiger partial charge on any atom is -0.478 e. The van der Waals surface area contributed by atoms with Gasteiger partial charge in [0.2, 0.25) is 0 Å². The van der Waals surface area contributed by atoms with Crippen molar-refractivity contribution in [3.63, 3.8) is 0 Å². The Hall–Kier alpha value is -2.04. The van der Waals surface area contributed by atoms with Crippen LogP contribution in [0.1, 0.15) is 5.76 Å². The fourth-order valence-corrected chi connectivity index (χ4v) is 1.30. The summed E-state index contributed by atoms with van der Waals surface area (Å²) >= 11 is 0. The number of furan rings is 1. The van der Waals surface area contributed by atoms with Crippen molar-refractivity contribution in [2.45, 2.75) is 6.92 Å². The Kier molecular flexibility index (Phi) is 2.29. The summed E-state index contributed by atoms with van der Waals surface area (Å²) < 4.78 is 10.4. The second-order valence-electron chi connectivity index (χ2n) is 3.09. The molecule has 0 aliphatic heterocycles. The normalized spacial score (nSPS) is 10.3. The van der Waals surface area contributed by atoms with Gasteiger partial charge in [-0.15, -0.1) is 5.10 Å². The van der Waals surface area contributed by atoms with Crippen molar-refractivity contribution in [3.05, 3.63) is 24.1 Å². The average Bonchev–Trinajstić information content (AvgIpc) is 2.65. The smallest absolute Gasteiger partial charge is 0.257 e. The van der Waals surface area contributed by atoms with Crippen LogP contribution in [0.3, 0.4) is 0 Å². The number of nitrogen functional groups attached to an aromatic ring is 1. The van der Waals surface area contributed by atoms with E-state index in [1.165, 1.54) is 7.11 Å². The number of hydrogen-bond donors (Lipinski definition) is 1. The molecule has 5 heteroatoms. The molecule has 5 nitrogen and oxygen atoms in total. The maximum atomic E-state index is 5.85. The number of rotatable bonds is 2. The van der Waals surface area contributed by atoms with Crippen LogP contribution in [-0.2, 0) is 0 Å². The van der Waals surface area contributed by atoms with Crippen LogP contribution >= 0.6 is 0 Å². The molecular formula is C10H11N3O2. The third kappa shape index (κ3) is 1.63. The minimum atomic E-state index is 0.307. The number of nitrogens with zero attached hydrogens (tertiary/aromatic N) is 2. The van der Waals surface area contributed by atoms with E-state index in [0.717, 1.165) is 5.76 Å². The molecule has 0 aliphatic carbocycles. The summed E-state index contributed by atoms with van der Waals surface area (Å²) in [5.74, 6) is 1.79. The Bertz CT molecular complexity index is 479. The largest absolute Gasteiger partial charge is 0.478 e. The Balaban J connectivity index is 2.53. The van der Waals surface area contributed by atoms with Crippen molar-refractivity contribution in [1.29, 1.82) is 0 Å². The SMILES string of the molecule is COc1nncc(-c2ccc(C)o2)c1N. The summed E-state index contributed by atoms with van der Waals surface area (Å²) in [7, 11) is 1.50. The number of nitrogens with two attached hydrogens (primary N) is 1. The molecule has 0 bridgehead atoms. The molecule has 2 rings (SSSR count). The van der Waals surface area contributed by atoms with Gasteiger partial charge in [-0.2, -0.15) is 5.10 Å². The quantitative estimate of drug-likeness (QED) is 0.806. The van der Waals surface area contributed by atoms with Crippen molar-refractivity contribution in [3.8, 4) is 17.2 Å². The first-order valence-electron chi connectivity index (χ1n) is 4.44. The number of methoxy groups -OCH3 is 1. The van der Waals surface area contributed by atoms with Crippen molar-refractivity contribution >= 4 is 5.69 Å². The molecule has 2 aromatic rings. The van der Waals surface area contributed by atoms with Crippen LogP contribution in [-0.4, -0.2) is 17.3 Å². The van der Waals surface area contributed by atoms with Gasteiger partial charge >= 0.3 is 0 Å². The molecule has 78 valence electrons. The highest BCUT2D eigenvalue weighted by atomic mass is 16.5. The highest BCUT2D eigenvalue weighted by molar-refractivity contribution is 5.75. The average molecular weight is 205 g/mol. The minimum absolute atomic E-state index is 0.307. The molecule has 0 fully saturated rings. The number of anilines is 1. The van der Waals surface area contributed by atoms with E-state index in [9.17, 15) is 0 Å². The van der Waals surface area contributed by atoms with Crippen molar-refractivity contribution in [2.75, 3.05) is 12.8 Å². The molecule has 0 radical (unpaired) electrons. The van der Waals surface area contributed by atoms with Crippen molar-refractivity contribution < 1.29 is 9.15 Å². The van der Waals surface area contributed by atoms with Gasteiger partial charge in [-0.3, -0.25) is 0 Å². The summed E-state index contributed by atoms with van der Waals surface area (Å²) in [5, 5.41) is 7.54. The predicted octanol–water partition coefficient (Wildman–Crippen LogP) is 1.64. The Labute approximate surface area is 86.9 Å². The van der Waals surface area contributed by atoms with E-state index >= 15 is 0 Å². The predicted molar refractivity (Wildman–Crippen MR) is 55.4 cm³/mol. The van der Waals surface area contributed by atoms with Gasteiger partial charge in [0, 0.05) is 0 Å². The topological polar surface area (TPSA) is 74.2 Å². The lowest BCUT2D eigenvalue weighted by Gasteiger charge is -2.05. The maximum Gasteiger partial charge on any atom is 0.257 e. The maximum absolute atomic E-state index is 5.85. The molecule has 0 aliphatic rings. The Morgan fingerprint density at radius 2 is 2.20 bits per heavy atom. The van der Waals surface area contributed by atoms with E-state index in [2.05, 4.69) is 10.2 Å².